The van der Waals surface area contributed by atoms with Crippen LogP contribution in [0.4, 0.5) is 14.9 Å². The van der Waals surface area contributed by atoms with Crippen LogP contribution in [0.1, 0.15) is 58.6 Å². The first-order valence-electron chi connectivity index (χ1n) is 12.9. The standard InChI is InChI=1S/C29H34ClFN4O4/c1-27(2,3)14-23(34-26(38)39-28(4,5)17-6-9-19(31)10-7-17)24(36)35-16-29(13-20(35)15-32)21-12-18(30)8-11-22(21)33-25(29)37/h6-12,20,23-24,36H,13-14,16H2,1-5H3,(H,33,37)(H,34,38)/t20-,23-,24?,29-/m0/s1. The Bertz CT molecular complexity index is 1300. The number of benzene rings is 2. The van der Waals surface area contributed by atoms with Gasteiger partial charge in [0.2, 0.25) is 5.91 Å². The zero-order valence-electron chi connectivity index (χ0n) is 22.7. The van der Waals surface area contributed by atoms with Gasteiger partial charge in [-0.05, 0) is 73.6 Å². The fraction of sp³-hybridized carbons (Fsp3) is 0.483. The second kappa shape index (κ2) is 10.4. The first-order chi connectivity index (χ1) is 18.1. The van der Waals surface area contributed by atoms with E-state index in [1.165, 1.54) is 12.1 Å². The first kappa shape index (κ1) is 28.8. The third-order valence-electron chi connectivity index (χ3n) is 7.45. The second-order valence-electron chi connectivity index (χ2n) is 12.1. The quantitative estimate of drug-likeness (QED) is 0.458. The van der Waals surface area contributed by atoms with Crippen LogP contribution in [-0.2, 0) is 20.5 Å². The summed E-state index contributed by atoms with van der Waals surface area (Å²) in [7, 11) is 0. The summed E-state index contributed by atoms with van der Waals surface area (Å²) in [6.07, 6.45) is -1.53. The summed E-state index contributed by atoms with van der Waals surface area (Å²) in [4.78, 5) is 27.9. The Morgan fingerprint density at radius 3 is 2.56 bits per heavy atom. The number of nitriles is 1. The van der Waals surface area contributed by atoms with Crippen molar-refractivity contribution >= 4 is 29.3 Å². The molecule has 2 aliphatic heterocycles. The Morgan fingerprint density at radius 2 is 1.95 bits per heavy atom. The molecule has 10 heteroatoms. The molecule has 1 spiro atoms. The van der Waals surface area contributed by atoms with E-state index in [2.05, 4.69) is 16.7 Å². The van der Waals surface area contributed by atoms with E-state index in [1.54, 1.807) is 49.1 Å². The zero-order valence-corrected chi connectivity index (χ0v) is 23.5. The van der Waals surface area contributed by atoms with E-state index in [9.17, 15) is 24.3 Å². The molecule has 2 heterocycles. The molecule has 8 nitrogen and oxygen atoms in total. The van der Waals surface area contributed by atoms with Gasteiger partial charge in [0.25, 0.3) is 0 Å². The summed E-state index contributed by atoms with van der Waals surface area (Å²) in [6, 6.07) is 11.4. The van der Waals surface area contributed by atoms with E-state index < -0.39 is 41.2 Å². The van der Waals surface area contributed by atoms with Crippen molar-refractivity contribution in [1.29, 1.82) is 5.26 Å². The number of amides is 2. The van der Waals surface area contributed by atoms with Gasteiger partial charge in [-0.15, -0.1) is 0 Å². The minimum atomic E-state index is -1.29. The Balaban J connectivity index is 1.58. The molecule has 0 radical (unpaired) electrons. The summed E-state index contributed by atoms with van der Waals surface area (Å²) >= 11 is 6.24. The smallest absolute Gasteiger partial charge is 0.408 e. The van der Waals surface area contributed by atoms with Crippen LogP contribution < -0.4 is 10.6 Å². The minimum absolute atomic E-state index is 0.0734. The summed E-state index contributed by atoms with van der Waals surface area (Å²) in [5.41, 5.74) is -0.520. The van der Waals surface area contributed by atoms with E-state index in [1.807, 2.05) is 20.8 Å². The number of hydrogen-bond acceptors (Lipinski definition) is 6. The highest BCUT2D eigenvalue weighted by atomic mass is 35.5. The number of aliphatic hydroxyl groups excluding tert-OH is 1. The number of carbonyl (C=O) groups excluding carboxylic acids is 2. The fourth-order valence-corrected chi connectivity index (χ4v) is 5.69. The minimum Gasteiger partial charge on any atom is -0.439 e. The maximum absolute atomic E-state index is 13.4. The Hall–Kier alpha value is -3.19. The van der Waals surface area contributed by atoms with Crippen LogP contribution in [-0.4, -0.2) is 46.9 Å². The van der Waals surface area contributed by atoms with Crippen molar-refractivity contribution in [3.63, 3.8) is 0 Å². The largest absolute Gasteiger partial charge is 0.439 e. The zero-order chi connectivity index (χ0) is 28.8. The Kier molecular flexibility index (Phi) is 7.69. The molecule has 1 fully saturated rings. The molecule has 39 heavy (non-hydrogen) atoms. The lowest BCUT2D eigenvalue weighted by Crippen LogP contribution is -2.55. The van der Waals surface area contributed by atoms with Gasteiger partial charge in [-0.1, -0.05) is 44.5 Å². The van der Waals surface area contributed by atoms with Crippen LogP contribution in [0.5, 0.6) is 0 Å². The van der Waals surface area contributed by atoms with Gasteiger partial charge in [-0.2, -0.15) is 5.26 Å². The average Bonchev–Trinajstić information content (AvgIpc) is 3.35. The molecule has 2 amide bonds. The molecule has 2 aromatic rings. The molecule has 0 saturated carbocycles. The highest BCUT2D eigenvalue weighted by molar-refractivity contribution is 6.31. The third-order valence-corrected chi connectivity index (χ3v) is 7.68. The van der Waals surface area contributed by atoms with E-state index in [0.717, 1.165) is 0 Å². The number of nitrogens with one attached hydrogen (secondary N) is 2. The van der Waals surface area contributed by atoms with Gasteiger partial charge >= 0.3 is 6.09 Å². The van der Waals surface area contributed by atoms with Gasteiger partial charge in [0.05, 0.1) is 17.5 Å². The van der Waals surface area contributed by atoms with Gasteiger partial charge in [-0.3, -0.25) is 9.69 Å². The third kappa shape index (κ3) is 5.88. The lowest BCUT2D eigenvalue weighted by molar-refractivity contribution is -0.121. The molecule has 3 N–H and O–H groups in total. The fourth-order valence-electron chi connectivity index (χ4n) is 5.52. The van der Waals surface area contributed by atoms with Crippen LogP contribution >= 0.6 is 11.6 Å². The molecule has 0 bridgehead atoms. The highest BCUT2D eigenvalue weighted by Crippen LogP contribution is 2.48. The molecular formula is C29H34ClFN4O4. The van der Waals surface area contributed by atoms with Gasteiger partial charge in [0.1, 0.15) is 23.7 Å². The van der Waals surface area contributed by atoms with Gasteiger partial charge in [0.15, 0.2) is 0 Å². The number of aliphatic hydroxyl groups is 1. The number of likely N-dealkylation sites (tertiary alicyclic amines) is 1. The molecule has 4 atom stereocenters. The average molecular weight is 557 g/mol. The van der Waals surface area contributed by atoms with Gasteiger partial charge in [0, 0.05) is 17.3 Å². The molecule has 2 aromatic carbocycles. The van der Waals surface area contributed by atoms with Gasteiger partial charge < -0.3 is 20.5 Å². The normalized spacial score (nSPS) is 22.6. The van der Waals surface area contributed by atoms with Crippen LogP contribution in [0.3, 0.4) is 0 Å². The number of halogens is 2. The predicted molar refractivity (Wildman–Crippen MR) is 145 cm³/mol. The number of anilines is 1. The predicted octanol–water partition coefficient (Wildman–Crippen LogP) is 5.05. The summed E-state index contributed by atoms with van der Waals surface area (Å²) in [5.74, 6) is -0.654. The van der Waals surface area contributed by atoms with Crippen LogP contribution in [0.15, 0.2) is 42.5 Å². The van der Waals surface area contributed by atoms with E-state index in [-0.39, 0.29) is 24.3 Å². The summed E-state index contributed by atoms with van der Waals surface area (Å²) < 4.78 is 19.1. The van der Waals surface area contributed by atoms with Crippen molar-refractivity contribution in [2.75, 3.05) is 11.9 Å². The van der Waals surface area contributed by atoms with E-state index in [4.69, 9.17) is 16.3 Å². The van der Waals surface area contributed by atoms with E-state index in [0.29, 0.717) is 28.3 Å². The molecule has 0 aliphatic carbocycles. The molecule has 208 valence electrons. The van der Waals surface area contributed by atoms with Crippen molar-refractivity contribution in [2.45, 2.75) is 76.8 Å². The highest BCUT2D eigenvalue weighted by Gasteiger charge is 2.57. The molecule has 4 rings (SSSR count). The number of alkyl carbamates (subject to hydrolysis) is 1. The molecule has 1 saturated heterocycles. The number of rotatable bonds is 6. The van der Waals surface area contributed by atoms with Crippen molar-refractivity contribution < 1.29 is 23.8 Å². The van der Waals surface area contributed by atoms with Crippen molar-refractivity contribution in [1.82, 2.24) is 10.2 Å². The molecule has 2 aliphatic rings. The lowest BCUT2D eigenvalue weighted by atomic mass is 9.79. The van der Waals surface area contributed by atoms with Crippen molar-refractivity contribution in [3.05, 3.63) is 64.4 Å². The number of carbonyl (C=O) groups is 2. The number of hydrogen-bond donors (Lipinski definition) is 3. The molecule has 0 aromatic heterocycles. The topological polar surface area (TPSA) is 115 Å². The summed E-state index contributed by atoms with van der Waals surface area (Å²) in [5, 5.41) is 27.8. The van der Waals surface area contributed by atoms with Crippen molar-refractivity contribution in [3.8, 4) is 6.07 Å². The van der Waals surface area contributed by atoms with E-state index >= 15 is 0 Å². The maximum Gasteiger partial charge on any atom is 0.408 e. The summed E-state index contributed by atoms with van der Waals surface area (Å²) in [6.45, 7) is 9.36. The van der Waals surface area contributed by atoms with Gasteiger partial charge in [-0.25, -0.2) is 9.18 Å². The number of nitrogens with zero attached hydrogens (tertiary/aromatic N) is 2. The van der Waals surface area contributed by atoms with Crippen molar-refractivity contribution in [2.24, 2.45) is 5.41 Å². The second-order valence-corrected chi connectivity index (χ2v) is 12.5. The lowest BCUT2D eigenvalue weighted by Gasteiger charge is -2.37. The number of ether oxygens (including phenoxy) is 1. The Morgan fingerprint density at radius 1 is 1.28 bits per heavy atom. The van der Waals surface area contributed by atoms with Crippen LogP contribution in [0, 0.1) is 22.6 Å². The molecular weight excluding hydrogens is 523 g/mol. The van der Waals surface area contributed by atoms with Crippen LogP contribution in [0.2, 0.25) is 5.02 Å². The number of fused-ring (bicyclic) bond motifs is 2. The van der Waals surface area contributed by atoms with Crippen LogP contribution in [0.25, 0.3) is 0 Å². The first-order valence-corrected chi connectivity index (χ1v) is 13.2. The molecule has 1 unspecified atom stereocenters. The maximum atomic E-state index is 13.4. The SMILES string of the molecule is CC(C)(C)C[C@H](NC(=O)OC(C)(C)c1ccc(F)cc1)C(O)N1C[C@]2(C[C@H]1C#N)C(=O)Nc1ccc(Cl)cc12. The Labute approximate surface area is 233 Å². The monoisotopic (exact) mass is 556 g/mol.